The van der Waals surface area contributed by atoms with E-state index in [2.05, 4.69) is 20.5 Å². The third-order valence-corrected chi connectivity index (χ3v) is 6.42. The molecule has 0 aliphatic carbocycles. The molecular weight excluding hydrogens is 426 g/mol. The molecule has 0 saturated carbocycles. The summed E-state index contributed by atoms with van der Waals surface area (Å²) in [5, 5.41) is 8.42. The Bertz CT molecular complexity index is 891. The van der Waals surface area contributed by atoms with Crippen molar-refractivity contribution in [3.63, 3.8) is 0 Å². The first kappa shape index (κ1) is 24.2. The predicted octanol–water partition coefficient (Wildman–Crippen LogP) is 3.27. The molecule has 8 nitrogen and oxygen atoms in total. The lowest BCUT2D eigenvalue weighted by Crippen LogP contribution is -2.37. The Balaban J connectivity index is 1.58. The Morgan fingerprint density at radius 2 is 1.94 bits per heavy atom. The summed E-state index contributed by atoms with van der Waals surface area (Å²) in [5.74, 6) is -0.171. The second-order valence-electron chi connectivity index (χ2n) is 8.04. The Labute approximate surface area is 194 Å². The largest absolute Gasteiger partial charge is 0.383 e. The smallest absolute Gasteiger partial charge is 0.322 e. The highest BCUT2D eigenvalue weighted by Gasteiger charge is 2.19. The quantitative estimate of drug-likeness (QED) is 0.570. The summed E-state index contributed by atoms with van der Waals surface area (Å²) in [4.78, 5) is 33.9. The van der Waals surface area contributed by atoms with E-state index in [4.69, 9.17) is 4.74 Å². The van der Waals surface area contributed by atoms with E-state index >= 15 is 0 Å². The lowest BCUT2D eigenvalue weighted by Gasteiger charge is -2.23. The topological polar surface area (TPSA) is 86.8 Å². The highest BCUT2D eigenvalue weighted by atomic mass is 32.1. The van der Waals surface area contributed by atoms with Crippen LogP contribution in [-0.4, -0.2) is 73.2 Å². The number of urea groups is 1. The van der Waals surface area contributed by atoms with Crippen LogP contribution in [0.5, 0.6) is 0 Å². The summed E-state index contributed by atoms with van der Waals surface area (Å²) in [7, 11) is 1.61. The van der Waals surface area contributed by atoms with Crippen LogP contribution in [0.2, 0.25) is 0 Å². The van der Waals surface area contributed by atoms with Gasteiger partial charge in [0, 0.05) is 37.8 Å². The van der Waals surface area contributed by atoms with Gasteiger partial charge in [0.15, 0.2) is 0 Å². The number of hydrogen-bond donors (Lipinski definition) is 2. The number of nitrogens with one attached hydrogen (secondary N) is 2. The molecule has 9 heteroatoms. The molecule has 2 heterocycles. The van der Waals surface area contributed by atoms with Crippen molar-refractivity contribution in [1.82, 2.24) is 20.1 Å². The van der Waals surface area contributed by atoms with E-state index in [0.717, 1.165) is 36.4 Å². The third kappa shape index (κ3) is 6.75. The summed E-state index contributed by atoms with van der Waals surface area (Å²) < 4.78 is 5.18. The number of hydrogen-bond acceptors (Lipinski definition) is 6. The molecule has 3 amide bonds. The van der Waals surface area contributed by atoms with Gasteiger partial charge >= 0.3 is 6.03 Å². The number of carbonyl (C=O) groups is 2. The molecule has 0 bridgehead atoms. The van der Waals surface area contributed by atoms with Gasteiger partial charge in [-0.2, -0.15) is 0 Å². The molecule has 1 saturated heterocycles. The number of methoxy groups -OCH3 is 1. The van der Waals surface area contributed by atoms with Crippen molar-refractivity contribution in [3.05, 3.63) is 45.4 Å². The van der Waals surface area contributed by atoms with E-state index in [1.165, 1.54) is 24.2 Å². The first-order valence-corrected chi connectivity index (χ1v) is 11.9. The van der Waals surface area contributed by atoms with E-state index in [0.29, 0.717) is 36.9 Å². The van der Waals surface area contributed by atoms with Crippen LogP contribution in [0.1, 0.15) is 39.5 Å². The van der Waals surface area contributed by atoms with Crippen molar-refractivity contribution in [2.24, 2.45) is 0 Å². The van der Waals surface area contributed by atoms with Crippen molar-refractivity contribution in [2.45, 2.75) is 33.2 Å². The number of ether oxygens (including phenoxy) is 1. The van der Waals surface area contributed by atoms with E-state index in [-0.39, 0.29) is 11.9 Å². The highest BCUT2D eigenvalue weighted by molar-refractivity contribution is 7.09. The molecule has 1 aliphatic heterocycles. The average molecular weight is 460 g/mol. The zero-order valence-corrected chi connectivity index (χ0v) is 20.0. The molecule has 2 N–H and O–H groups in total. The van der Waals surface area contributed by atoms with Gasteiger partial charge in [0.2, 0.25) is 0 Å². The molecule has 0 radical (unpaired) electrons. The molecule has 0 spiro atoms. The number of likely N-dealkylation sites (tertiary alicyclic amines) is 1. The molecule has 1 aromatic carbocycles. The second-order valence-corrected chi connectivity index (χ2v) is 8.99. The van der Waals surface area contributed by atoms with Gasteiger partial charge in [-0.1, -0.05) is 18.2 Å². The van der Waals surface area contributed by atoms with Crippen LogP contribution in [-0.2, 0) is 11.3 Å². The van der Waals surface area contributed by atoms with Crippen molar-refractivity contribution < 1.29 is 14.3 Å². The molecular formula is C23H33N5O3S. The van der Waals surface area contributed by atoms with E-state index < -0.39 is 0 Å². The first-order valence-electron chi connectivity index (χ1n) is 11.0. The summed E-state index contributed by atoms with van der Waals surface area (Å²) in [5.41, 5.74) is 3.23. The van der Waals surface area contributed by atoms with Gasteiger partial charge in [-0.05, 0) is 50.9 Å². The fraction of sp³-hybridized carbons (Fsp3) is 0.522. The van der Waals surface area contributed by atoms with E-state index in [9.17, 15) is 9.59 Å². The van der Waals surface area contributed by atoms with E-state index in [1.54, 1.807) is 17.4 Å². The minimum atomic E-state index is -0.216. The van der Waals surface area contributed by atoms with Crippen LogP contribution in [0.3, 0.4) is 0 Å². The Hall–Kier alpha value is -2.49. The molecule has 1 fully saturated rings. The summed E-state index contributed by atoms with van der Waals surface area (Å²) in [6.07, 6.45) is 2.47. The number of aromatic nitrogens is 1. The number of nitrogens with zero attached hydrogens (tertiary/aromatic N) is 3. The van der Waals surface area contributed by atoms with Crippen molar-refractivity contribution >= 4 is 29.0 Å². The molecule has 1 aromatic heterocycles. The van der Waals surface area contributed by atoms with Crippen LogP contribution >= 0.6 is 11.3 Å². The number of rotatable bonds is 10. The van der Waals surface area contributed by atoms with Crippen LogP contribution in [0.25, 0.3) is 0 Å². The summed E-state index contributed by atoms with van der Waals surface area (Å²) in [6.45, 7) is 8.78. The number of aryl methyl sites for hydroxylation is 2. The monoisotopic (exact) mass is 459 g/mol. The number of thiazole rings is 1. The van der Waals surface area contributed by atoms with Crippen molar-refractivity contribution in [3.8, 4) is 0 Å². The average Bonchev–Trinajstić information content (AvgIpc) is 3.46. The van der Waals surface area contributed by atoms with Gasteiger partial charge in [-0.15, -0.1) is 11.3 Å². The van der Waals surface area contributed by atoms with Gasteiger partial charge in [-0.3, -0.25) is 4.79 Å². The maximum atomic E-state index is 13.0. The van der Waals surface area contributed by atoms with Gasteiger partial charge in [-0.25, -0.2) is 9.78 Å². The predicted molar refractivity (Wildman–Crippen MR) is 127 cm³/mol. The van der Waals surface area contributed by atoms with Gasteiger partial charge in [0.1, 0.15) is 10.7 Å². The number of carbonyl (C=O) groups excluding carboxylic acids is 2. The van der Waals surface area contributed by atoms with Gasteiger partial charge < -0.3 is 25.2 Å². The van der Waals surface area contributed by atoms with E-state index in [1.807, 2.05) is 32.0 Å². The number of anilines is 1. The van der Waals surface area contributed by atoms with Crippen LogP contribution < -0.4 is 10.6 Å². The Kier molecular flexibility index (Phi) is 9.01. The van der Waals surface area contributed by atoms with Crippen molar-refractivity contribution in [2.75, 3.05) is 51.8 Å². The number of amides is 3. The zero-order valence-electron chi connectivity index (χ0n) is 19.1. The van der Waals surface area contributed by atoms with Gasteiger partial charge in [0.25, 0.3) is 5.91 Å². The maximum absolute atomic E-state index is 13.0. The second kappa shape index (κ2) is 11.9. The normalized spacial score (nSPS) is 13.8. The lowest BCUT2D eigenvalue weighted by atomic mass is 10.1. The molecule has 2 aromatic rings. The van der Waals surface area contributed by atoms with Gasteiger partial charge in [0.05, 0.1) is 13.2 Å². The lowest BCUT2D eigenvalue weighted by molar-refractivity contribution is 0.0945. The molecule has 32 heavy (non-hydrogen) atoms. The Morgan fingerprint density at radius 1 is 1.22 bits per heavy atom. The van der Waals surface area contributed by atoms with Crippen molar-refractivity contribution in [1.29, 1.82) is 0 Å². The fourth-order valence-electron chi connectivity index (χ4n) is 3.73. The first-order chi connectivity index (χ1) is 15.5. The highest BCUT2D eigenvalue weighted by Crippen LogP contribution is 2.21. The van der Waals surface area contributed by atoms with Crippen LogP contribution in [0.15, 0.2) is 23.6 Å². The number of para-hydroxylation sites is 1. The molecule has 0 unspecified atom stereocenters. The minimum absolute atomic E-state index is 0.171. The molecule has 174 valence electrons. The molecule has 0 atom stereocenters. The zero-order chi connectivity index (χ0) is 22.9. The summed E-state index contributed by atoms with van der Waals surface area (Å²) in [6, 6.07) is 5.69. The molecule has 1 aliphatic rings. The summed E-state index contributed by atoms with van der Waals surface area (Å²) >= 11 is 1.38. The standard InChI is InChI=1S/C23H33N5O3S/c1-17-7-6-8-18(2)21(17)26-23(30)28(13-14-31-3)15-20-25-19(16-32-20)22(29)24-9-12-27-10-4-5-11-27/h6-8,16H,4-5,9-15H2,1-3H3,(H,24,29)(H,26,30). The molecule has 3 rings (SSSR count). The maximum Gasteiger partial charge on any atom is 0.322 e. The van der Waals surface area contributed by atoms with Crippen LogP contribution in [0.4, 0.5) is 10.5 Å². The number of benzene rings is 1. The SMILES string of the molecule is COCCN(Cc1nc(C(=O)NCCN2CCCC2)cs1)C(=O)Nc1c(C)cccc1C. The Morgan fingerprint density at radius 3 is 2.62 bits per heavy atom. The third-order valence-electron chi connectivity index (χ3n) is 5.59. The minimum Gasteiger partial charge on any atom is -0.383 e. The fourth-order valence-corrected chi connectivity index (χ4v) is 4.52. The van der Waals surface area contributed by atoms with Crippen LogP contribution in [0, 0.1) is 13.8 Å².